The Morgan fingerprint density at radius 1 is 1.30 bits per heavy atom. The zero-order chi connectivity index (χ0) is 7.61. The summed E-state index contributed by atoms with van der Waals surface area (Å²) in [5, 5.41) is 17.7. The first kappa shape index (κ1) is 7.40. The molecule has 0 aliphatic heterocycles. The monoisotopic (exact) mass is 158 g/mol. The Bertz CT molecular complexity index is 228. The van der Waals surface area contributed by atoms with E-state index in [1.165, 1.54) is 12.2 Å². The van der Waals surface area contributed by atoms with Crippen LogP contribution >= 0.6 is 0 Å². The number of rotatable bonds is 0. The number of hydrogen-bond acceptors (Lipinski definition) is 3. The van der Waals surface area contributed by atoms with Crippen molar-refractivity contribution in [3.05, 3.63) is 24.3 Å². The van der Waals surface area contributed by atoms with Gasteiger partial charge in [-0.05, 0) is 24.3 Å². The standard InChI is InChI=1S/C6H6O3S/c7-6(8)3-1-5(10-9)2-4-6/h1-4,7-8H. The van der Waals surface area contributed by atoms with Crippen molar-refractivity contribution in [3.8, 4) is 0 Å². The summed E-state index contributed by atoms with van der Waals surface area (Å²) >= 11 is 0.317. The minimum Gasteiger partial charge on any atom is -0.359 e. The summed E-state index contributed by atoms with van der Waals surface area (Å²) in [4.78, 5) is 0.471. The first-order valence-electron chi connectivity index (χ1n) is 2.64. The van der Waals surface area contributed by atoms with Crippen molar-refractivity contribution in [2.45, 2.75) is 5.79 Å². The molecule has 1 rings (SSSR count). The van der Waals surface area contributed by atoms with Crippen LogP contribution in [0.2, 0.25) is 0 Å². The van der Waals surface area contributed by atoms with Crippen molar-refractivity contribution in [2.75, 3.05) is 0 Å². The summed E-state index contributed by atoms with van der Waals surface area (Å²) in [7, 11) is 0. The molecule has 2 N–H and O–H groups in total. The maximum absolute atomic E-state index is 10.1. The van der Waals surface area contributed by atoms with Gasteiger partial charge in [-0.15, -0.1) is 0 Å². The fraction of sp³-hybridized carbons (Fsp3) is 0.167. The van der Waals surface area contributed by atoms with Crippen LogP contribution in [-0.4, -0.2) is 25.1 Å². The molecule has 0 aromatic heterocycles. The summed E-state index contributed by atoms with van der Waals surface area (Å²) in [6.07, 6.45) is 5.04. The lowest BCUT2D eigenvalue weighted by molar-refractivity contribution is -0.0742. The van der Waals surface area contributed by atoms with E-state index < -0.39 is 5.79 Å². The fourth-order valence-electron chi connectivity index (χ4n) is 0.576. The van der Waals surface area contributed by atoms with Crippen LogP contribution in [0, 0.1) is 0 Å². The Morgan fingerprint density at radius 2 is 1.80 bits per heavy atom. The van der Waals surface area contributed by atoms with Crippen LogP contribution in [0.1, 0.15) is 0 Å². The van der Waals surface area contributed by atoms with Crippen molar-refractivity contribution < 1.29 is 14.4 Å². The molecule has 0 heterocycles. The molecule has 0 saturated heterocycles. The molecule has 54 valence electrons. The van der Waals surface area contributed by atoms with Crippen molar-refractivity contribution in [3.63, 3.8) is 0 Å². The molecule has 0 aromatic carbocycles. The topological polar surface area (TPSA) is 57.5 Å². The number of aliphatic hydroxyl groups is 2. The van der Waals surface area contributed by atoms with Gasteiger partial charge in [-0.3, -0.25) is 0 Å². The minimum absolute atomic E-state index is 0.317. The van der Waals surface area contributed by atoms with Crippen molar-refractivity contribution in [1.29, 1.82) is 0 Å². The highest BCUT2D eigenvalue weighted by Gasteiger charge is 2.16. The second-order valence-electron chi connectivity index (χ2n) is 1.94. The van der Waals surface area contributed by atoms with E-state index in [1.807, 2.05) is 0 Å². The highest BCUT2D eigenvalue weighted by molar-refractivity contribution is 7.67. The molecule has 4 heteroatoms. The average Bonchev–Trinajstić information content (AvgIpc) is 1.88. The van der Waals surface area contributed by atoms with Gasteiger partial charge in [0, 0.05) is 0 Å². The van der Waals surface area contributed by atoms with Gasteiger partial charge in [-0.2, -0.15) is 0 Å². The third-order valence-corrected chi connectivity index (χ3v) is 1.55. The van der Waals surface area contributed by atoms with E-state index in [-0.39, 0.29) is 0 Å². The molecule has 1 aliphatic rings. The van der Waals surface area contributed by atoms with Crippen LogP contribution in [0.25, 0.3) is 0 Å². The highest BCUT2D eigenvalue weighted by Crippen LogP contribution is 2.08. The van der Waals surface area contributed by atoms with Crippen molar-refractivity contribution in [1.82, 2.24) is 0 Å². The highest BCUT2D eigenvalue weighted by atomic mass is 32.1. The molecule has 1 aliphatic carbocycles. The Hall–Kier alpha value is -0.710. The summed E-state index contributed by atoms with van der Waals surface area (Å²) in [6, 6.07) is 0. The average molecular weight is 158 g/mol. The molecule has 10 heavy (non-hydrogen) atoms. The number of hydrogen-bond donors (Lipinski definition) is 2. The molecule has 0 bridgehead atoms. The second kappa shape index (κ2) is 2.49. The van der Waals surface area contributed by atoms with E-state index in [2.05, 4.69) is 0 Å². The lowest BCUT2D eigenvalue weighted by Gasteiger charge is -2.13. The van der Waals surface area contributed by atoms with Gasteiger partial charge in [0.05, 0.1) is 16.1 Å². The quantitative estimate of drug-likeness (QED) is 0.357. The van der Waals surface area contributed by atoms with Gasteiger partial charge in [0.25, 0.3) is 0 Å². The molecule has 0 aromatic rings. The Labute approximate surface area is 61.4 Å². The maximum atomic E-state index is 10.1. The molecule has 0 unspecified atom stereocenters. The van der Waals surface area contributed by atoms with Crippen molar-refractivity contribution in [2.24, 2.45) is 0 Å². The summed E-state index contributed by atoms with van der Waals surface area (Å²) < 4.78 is 10.1. The van der Waals surface area contributed by atoms with Crippen LogP contribution in [0.5, 0.6) is 0 Å². The van der Waals surface area contributed by atoms with Crippen LogP contribution in [-0.2, 0) is 11.3 Å². The van der Waals surface area contributed by atoms with Crippen LogP contribution in [0.15, 0.2) is 24.3 Å². The van der Waals surface area contributed by atoms with Crippen LogP contribution in [0.3, 0.4) is 0 Å². The SMILES string of the molecule is O=S=C1C=CC(O)(O)C=C1. The van der Waals surface area contributed by atoms with E-state index in [4.69, 9.17) is 10.2 Å². The van der Waals surface area contributed by atoms with Crippen LogP contribution in [0.4, 0.5) is 0 Å². The number of allylic oxidation sites excluding steroid dienone is 2. The van der Waals surface area contributed by atoms with Gasteiger partial charge in [-0.25, -0.2) is 4.21 Å². The van der Waals surface area contributed by atoms with Gasteiger partial charge >= 0.3 is 0 Å². The zero-order valence-corrected chi connectivity index (χ0v) is 5.84. The van der Waals surface area contributed by atoms with E-state index in [0.717, 1.165) is 12.2 Å². The third kappa shape index (κ3) is 1.63. The Morgan fingerprint density at radius 3 is 2.20 bits per heavy atom. The van der Waals surface area contributed by atoms with Crippen molar-refractivity contribution >= 4 is 16.1 Å². The molecule has 0 atom stereocenters. The normalized spacial score (nSPS) is 21.2. The summed E-state index contributed by atoms with van der Waals surface area (Å²) in [5.41, 5.74) is 0. The molecule has 0 spiro atoms. The van der Waals surface area contributed by atoms with Gasteiger partial charge in [0.15, 0.2) is 0 Å². The Kier molecular flexibility index (Phi) is 1.85. The Balaban J connectivity index is 2.91. The third-order valence-electron chi connectivity index (χ3n) is 1.08. The predicted octanol–water partition coefficient (Wildman–Crippen LogP) is -0.821. The smallest absolute Gasteiger partial charge is 0.203 e. The van der Waals surface area contributed by atoms with E-state index in [0.29, 0.717) is 16.1 Å². The van der Waals surface area contributed by atoms with E-state index in [9.17, 15) is 4.21 Å². The fourth-order valence-corrected chi connectivity index (χ4v) is 0.823. The molecule has 0 fully saturated rings. The summed E-state index contributed by atoms with van der Waals surface area (Å²) in [5.74, 6) is -1.88. The van der Waals surface area contributed by atoms with Gasteiger partial charge in [0.1, 0.15) is 0 Å². The largest absolute Gasteiger partial charge is 0.359 e. The molecule has 0 amide bonds. The molecular weight excluding hydrogens is 152 g/mol. The lowest BCUT2D eigenvalue weighted by atomic mass is 10.1. The van der Waals surface area contributed by atoms with Gasteiger partial charge in [0.2, 0.25) is 5.79 Å². The molecule has 0 radical (unpaired) electrons. The zero-order valence-electron chi connectivity index (χ0n) is 5.02. The predicted molar refractivity (Wildman–Crippen MR) is 38.6 cm³/mol. The first-order chi connectivity index (χ1) is 4.64. The lowest BCUT2D eigenvalue weighted by Crippen LogP contribution is -2.24. The van der Waals surface area contributed by atoms with E-state index >= 15 is 0 Å². The second-order valence-corrected chi connectivity index (χ2v) is 2.57. The van der Waals surface area contributed by atoms with Gasteiger partial charge < -0.3 is 10.2 Å². The minimum atomic E-state index is -1.88. The summed E-state index contributed by atoms with van der Waals surface area (Å²) in [6.45, 7) is 0. The maximum Gasteiger partial charge on any atom is 0.203 e. The molecule has 0 saturated carbocycles. The first-order valence-corrected chi connectivity index (χ1v) is 3.38. The van der Waals surface area contributed by atoms with E-state index in [1.54, 1.807) is 0 Å². The molecular formula is C6H6O3S. The van der Waals surface area contributed by atoms with Crippen LogP contribution < -0.4 is 0 Å². The van der Waals surface area contributed by atoms with Gasteiger partial charge in [-0.1, -0.05) is 0 Å². The molecule has 3 nitrogen and oxygen atoms in total.